The number of Topliss-reactive ketones (excluding diaryl/α,β-unsaturated/α-hetero) is 1. The van der Waals surface area contributed by atoms with Gasteiger partial charge in [-0.15, -0.1) is 0 Å². The van der Waals surface area contributed by atoms with E-state index in [4.69, 9.17) is 0 Å². The highest BCUT2D eigenvalue weighted by Gasteiger charge is 2.29. The summed E-state index contributed by atoms with van der Waals surface area (Å²) in [6.45, 7) is 5.01. The smallest absolute Gasteiger partial charge is 0.259 e. The lowest BCUT2D eigenvalue weighted by Gasteiger charge is -2.34. The van der Waals surface area contributed by atoms with Crippen molar-refractivity contribution in [1.82, 2.24) is 13.8 Å². The van der Waals surface area contributed by atoms with Crippen LogP contribution in [-0.4, -0.2) is 65.8 Å². The molecule has 1 aliphatic heterocycles. The maximum Gasteiger partial charge on any atom is 0.259 e. The first kappa shape index (κ1) is 30.8. The van der Waals surface area contributed by atoms with Gasteiger partial charge in [-0.05, 0) is 53.3 Å². The first-order chi connectivity index (χ1) is 20.6. The lowest BCUT2D eigenvalue weighted by atomic mass is 9.94. The number of amides is 1. The van der Waals surface area contributed by atoms with Crippen molar-refractivity contribution in [2.24, 2.45) is 0 Å². The van der Waals surface area contributed by atoms with Gasteiger partial charge in [-0.25, -0.2) is 8.42 Å². The molecule has 4 aromatic rings. The zero-order valence-corrected chi connectivity index (χ0v) is 26.7. The number of ketones is 1. The summed E-state index contributed by atoms with van der Waals surface area (Å²) in [7, 11) is -3.29. The van der Waals surface area contributed by atoms with Crippen LogP contribution in [0.4, 0.5) is 0 Å². The van der Waals surface area contributed by atoms with Crippen LogP contribution < -0.4 is 5.56 Å². The Morgan fingerprint density at radius 2 is 1.53 bits per heavy atom. The van der Waals surface area contributed by atoms with E-state index >= 15 is 0 Å². The van der Waals surface area contributed by atoms with Crippen LogP contribution in [0, 0.1) is 0 Å². The van der Waals surface area contributed by atoms with Crippen LogP contribution in [0.1, 0.15) is 53.1 Å². The molecule has 0 N–H and O–H groups in total. The maximum absolute atomic E-state index is 13.9. The number of carbonyl (C=O) groups is 2. The molecule has 5 rings (SSSR count). The minimum absolute atomic E-state index is 0.110. The number of benzene rings is 3. The normalized spacial score (nSPS) is 14.3. The summed E-state index contributed by atoms with van der Waals surface area (Å²) in [4.78, 5) is 42.2. The second-order valence-electron chi connectivity index (χ2n) is 10.7. The Kier molecular flexibility index (Phi) is 9.29. The molecule has 0 unspecified atom stereocenters. The lowest BCUT2D eigenvalue weighted by Crippen LogP contribution is -2.51. The molecule has 0 bridgehead atoms. The summed E-state index contributed by atoms with van der Waals surface area (Å²) < 4.78 is 28.6. The molecule has 1 fully saturated rings. The Labute approximate surface area is 260 Å². The number of fused-ring (bicyclic) bond motifs is 1. The van der Waals surface area contributed by atoms with Gasteiger partial charge in [0.25, 0.3) is 11.5 Å². The fraction of sp³-hybridized carbons (Fsp3) is 0.303. The van der Waals surface area contributed by atoms with E-state index in [0.717, 1.165) is 21.2 Å². The van der Waals surface area contributed by atoms with E-state index in [0.29, 0.717) is 41.5 Å². The summed E-state index contributed by atoms with van der Waals surface area (Å²) in [6, 6.07) is 22.2. The first-order valence-corrected chi connectivity index (χ1v) is 16.9. The van der Waals surface area contributed by atoms with Crippen LogP contribution in [0.5, 0.6) is 0 Å². The molecule has 2 heterocycles. The highest BCUT2D eigenvalue weighted by molar-refractivity contribution is 9.10. The summed E-state index contributed by atoms with van der Waals surface area (Å²) >= 11 is 3.53. The highest BCUT2D eigenvalue weighted by atomic mass is 79.9. The van der Waals surface area contributed by atoms with Crippen LogP contribution in [-0.2, 0) is 16.6 Å². The molecule has 0 aliphatic carbocycles. The molecular weight excluding hydrogens is 630 g/mol. The van der Waals surface area contributed by atoms with Crippen molar-refractivity contribution in [3.8, 4) is 11.1 Å². The number of halogens is 1. The molecule has 0 atom stereocenters. The Balaban J connectivity index is 1.47. The molecule has 3 aromatic carbocycles. The Morgan fingerprint density at radius 1 is 0.860 bits per heavy atom. The summed E-state index contributed by atoms with van der Waals surface area (Å²) in [5, 5.41) is 1.23. The van der Waals surface area contributed by atoms with E-state index in [1.165, 1.54) is 4.31 Å². The number of nitrogens with zero attached hydrogens (tertiary/aromatic N) is 3. The topological polar surface area (TPSA) is 96.8 Å². The van der Waals surface area contributed by atoms with Gasteiger partial charge in [0.05, 0.1) is 18.0 Å². The van der Waals surface area contributed by atoms with Crippen molar-refractivity contribution in [3.63, 3.8) is 0 Å². The zero-order valence-electron chi connectivity index (χ0n) is 24.3. The third-order valence-electron chi connectivity index (χ3n) is 7.80. The van der Waals surface area contributed by atoms with E-state index in [-0.39, 0.29) is 49.1 Å². The van der Waals surface area contributed by atoms with Crippen molar-refractivity contribution in [3.05, 3.63) is 104 Å². The fourth-order valence-corrected chi connectivity index (χ4v) is 7.45. The SMILES string of the molecule is CCCS(=O)(=O)N1CCN(C(=O)c2ccc(Cn3c(C(=O)CC)c(-c4ccccc4)c4cc(Br)ccc4c3=O)cc2)CC1. The number of pyridine rings is 1. The Morgan fingerprint density at radius 3 is 2.16 bits per heavy atom. The molecule has 43 heavy (non-hydrogen) atoms. The van der Waals surface area contributed by atoms with Gasteiger partial charge in [0.1, 0.15) is 0 Å². The molecule has 1 aliphatic rings. The van der Waals surface area contributed by atoms with Crippen LogP contribution in [0.15, 0.2) is 82.1 Å². The van der Waals surface area contributed by atoms with Gasteiger partial charge in [0, 0.05) is 53.6 Å². The molecular formula is C33H34BrN3O5S. The largest absolute Gasteiger partial charge is 0.336 e. The van der Waals surface area contributed by atoms with E-state index in [1.807, 2.05) is 49.4 Å². The Hall–Kier alpha value is -3.60. The fourth-order valence-electron chi connectivity index (χ4n) is 5.60. The van der Waals surface area contributed by atoms with Crippen molar-refractivity contribution in [2.75, 3.05) is 31.9 Å². The number of hydrogen-bond acceptors (Lipinski definition) is 5. The highest BCUT2D eigenvalue weighted by Crippen LogP contribution is 2.33. The van der Waals surface area contributed by atoms with Crippen molar-refractivity contribution in [1.29, 1.82) is 0 Å². The zero-order chi connectivity index (χ0) is 30.7. The third-order valence-corrected chi connectivity index (χ3v) is 10.4. The number of piperazine rings is 1. The molecule has 1 saturated heterocycles. The summed E-state index contributed by atoms with van der Waals surface area (Å²) in [6.07, 6.45) is 0.790. The molecule has 1 amide bonds. The quantitative estimate of drug-likeness (QED) is 0.218. The second kappa shape index (κ2) is 13.0. The van der Waals surface area contributed by atoms with Gasteiger partial charge in [0.15, 0.2) is 5.78 Å². The monoisotopic (exact) mass is 663 g/mol. The first-order valence-electron chi connectivity index (χ1n) is 14.4. The summed E-state index contributed by atoms with van der Waals surface area (Å²) in [5.74, 6) is -0.191. The molecule has 1 aromatic heterocycles. The van der Waals surface area contributed by atoms with Gasteiger partial charge in [-0.2, -0.15) is 4.31 Å². The van der Waals surface area contributed by atoms with E-state index in [1.54, 1.807) is 46.7 Å². The standard InChI is InChI=1S/C33H34BrN3O5S/c1-3-20-43(41,42)36-18-16-35(17-19-36)32(39)25-12-10-23(11-13-25)22-37-31(29(38)4-2)30(24-8-6-5-7-9-24)28-21-26(34)14-15-27(28)33(37)40/h5-15,21H,3-4,16-20,22H2,1-2H3. The molecule has 0 saturated carbocycles. The minimum atomic E-state index is -3.29. The number of carbonyl (C=O) groups excluding carboxylic acids is 2. The summed E-state index contributed by atoms with van der Waals surface area (Å²) in [5.41, 5.74) is 2.93. The second-order valence-corrected chi connectivity index (χ2v) is 13.7. The van der Waals surface area contributed by atoms with E-state index < -0.39 is 10.0 Å². The maximum atomic E-state index is 13.9. The van der Waals surface area contributed by atoms with Crippen molar-refractivity contribution in [2.45, 2.75) is 33.2 Å². The molecule has 8 nitrogen and oxygen atoms in total. The minimum Gasteiger partial charge on any atom is -0.336 e. The van der Waals surface area contributed by atoms with Crippen LogP contribution in [0.3, 0.4) is 0 Å². The number of aromatic nitrogens is 1. The predicted molar refractivity (Wildman–Crippen MR) is 173 cm³/mol. The van der Waals surface area contributed by atoms with Gasteiger partial charge < -0.3 is 4.90 Å². The number of sulfonamides is 1. The van der Waals surface area contributed by atoms with Crippen molar-refractivity contribution >= 4 is 48.4 Å². The van der Waals surface area contributed by atoms with Gasteiger partial charge in [-0.3, -0.25) is 19.0 Å². The number of hydrogen-bond donors (Lipinski definition) is 0. The average Bonchev–Trinajstić information content (AvgIpc) is 3.02. The molecule has 0 radical (unpaired) electrons. The average molecular weight is 665 g/mol. The number of rotatable bonds is 9. The van der Waals surface area contributed by atoms with Crippen LogP contribution in [0.2, 0.25) is 0 Å². The third kappa shape index (κ3) is 6.37. The molecule has 10 heteroatoms. The Bertz CT molecular complexity index is 1830. The van der Waals surface area contributed by atoms with E-state index in [2.05, 4.69) is 15.9 Å². The van der Waals surface area contributed by atoms with Gasteiger partial charge in [-0.1, -0.05) is 72.2 Å². The van der Waals surface area contributed by atoms with Gasteiger partial charge >= 0.3 is 0 Å². The predicted octanol–water partition coefficient (Wildman–Crippen LogP) is 5.57. The molecule has 224 valence electrons. The van der Waals surface area contributed by atoms with Crippen molar-refractivity contribution < 1.29 is 18.0 Å². The molecule has 0 spiro atoms. The van der Waals surface area contributed by atoms with Crippen LogP contribution >= 0.6 is 15.9 Å². The lowest BCUT2D eigenvalue weighted by molar-refractivity contribution is 0.0697. The van der Waals surface area contributed by atoms with Gasteiger partial charge in [0.2, 0.25) is 10.0 Å². The van der Waals surface area contributed by atoms with E-state index in [9.17, 15) is 22.8 Å². The van der Waals surface area contributed by atoms with Crippen LogP contribution in [0.25, 0.3) is 21.9 Å².